The van der Waals surface area contributed by atoms with E-state index in [1.807, 2.05) is 77.8 Å². The lowest BCUT2D eigenvalue weighted by Gasteiger charge is -2.34. The van der Waals surface area contributed by atoms with Gasteiger partial charge in [0.05, 0.1) is 19.8 Å². The number of hydrogen-bond donors (Lipinski definition) is 2. The van der Waals surface area contributed by atoms with Crippen LogP contribution in [0.1, 0.15) is 29.2 Å². The lowest BCUT2D eigenvalue weighted by molar-refractivity contribution is -0.136. The minimum absolute atomic E-state index is 0.0765. The van der Waals surface area contributed by atoms with Gasteiger partial charge in [-0.25, -0.2) is 10.0 Å². The van der Waals surface area contributed by atoms with E-state index in [0.717, 1.165) is 25.6 Å². The zero-order valence-electron chi connectivity index (χ0n) is 21.9. The lowest BCUT2D eigenvalue weighted by atomic mass is 9.82. The summed E-state index contributed by atoms with van der Waals surface area (Å²) in [6.45, 7) is 2.79. The van der Waals surface area contributed by atoms with Crippen molar-refractivity contribution in [3.63, 3.8) is 0 Å². The molecule has 0 unspecified atom stereocenters. The van der Waals surface area contributed by atoms with Gasteiger partial charge in [0.15, 0.2) is 11.6 Å². The average Bonchev–Trinajstić information content (AvgIpc) is 3.36. The molecule has 1 amide bonds. The van der Waals surface area contributed by atoms with E-state index in [9.17, 15) is 4.79 Å². The molecule has 2 N–H and O–H groups in total. The number of halogens is 2. The van der Waals surface area contributed by atoms with Crippen LogP contribution in [0.3, 0.4) is 0 Å². The fourth-order valence-corrected chi connectivity index (χ4v) is 5.28. The highest BCUT2D eigenvalue weighted by atomic mass is 79.9. The lowest BCUT2D eigenvalue weighted by Crippen LogP contribution is -2.57. The van der Waals surface area contributed by atoms with Gasteiger partial charge in [0.1, 0.15) is 5.75 Å². The maximum Gasteiger partial charge on any atom is 0.266 e. The van der Waals surface area contributed by atoms with Crippen LogP contribution in [0.25, 0.3) is 0 Å². The van der Waals surface area contributed by atoms with E-state index in [2.05, 4.69) is 37.3 Å². The minimum Gasteiger partial charge on any atom is -0.494 e. The number of carbonyl (C=O) groups is 1. The third-order valence-electron chi connectivity index (χ3n) is 6.86. The molecule has 0 aliphatic carbocycles. The first-order valence-corrected chi connectivity index (χ1v) is 14.8. The molecule has 2 heterocycles. The van der Waals surface area contributed by atoms with Gasteiger partial charge in [-0.15, -0.1) is 0 Å². The van der Waals surface area contributed by atoms with Crippen molar-refractivity contribution < 1.29 is 24.1 Å². The Morgan fingerprint density at radius 1 is 1.00 bits per heavy atom. The maximum absolute atomic E-state index is 14.3. The summed E-state index contributed by atoms with van der Waals surface area (Å²) in [5.41, 5.74) is 4.40. The molecule has 0 saturated carbocycles. The quantitative estimate of drug-likeness (QED) is 0.300. The van der Waals surface area contributed by atoms with Gasteiger partial charge in [-0.05, 0) is 59.7 Å². The highest BCUT2D eigenvalue weighted by Crippen LogP contribution is 2.43. The number of nitrogens with zero attached hydrogens (tertiary/aromatic N) is 2. The van der Waals surface area contributed by atoms with Crippen LogP contribution in [0.2, 0.25) is 0 Å². The van der Waals surface area contributed by atoms with E-state index in [1.165, 1.54) is 0 Å². The van der Waals surface area contributed by atoms with E-state index < -0.39 is 11.6 Å². The second kappa shape index (κ2) is 13.3. The first-order chi connectivity index (χ1) is 19.5. The molecule has 0 aromatic heterocycles. The fourth-order valence-electron chi connectivity index (χ4n) is 4.75. The number of aliphatic imine (C=N–C) groups is 1. The fraction of sp³-hybridized carbons (Fsp3) is 0.333. The van der Waals surface area contributed by atoms with Gasteiger partial charge in [0, 0.05) is 47.0 Å². The Morgan fingerprint density at radius 2 is 1.65 bits per heavy atom. The van der Waals surface area contributed by atoms with E-state index >= 15 is 0 Å². The summed E-state index contributed by atoms with van der Waals surface area (Å²) in [5.74, 6) is 0.847. The number of aliphatic hydroxyl groups excluding tert-OH is 1. The molecule has 10 heteroatoms. The van der Waals surface area contributed by atoms with E-state index in [1.54, 1.807) is 0 Å². The number of benzene rings is 3. The Kier molecular flexibility index (Phi) is 9.54. The van der Waals surface area contributed by atoms with Crippen molar-refractivity contribution in [1.82, 2.24) is 10.4 Å². The monoisotopic (exact) mass is 671 g/mol. The number of hydrogen-bond acceptors (Lipinski definition) is 7. The molecule has 2 atom stereocenters. The molecule has 1 fully saturated rings. The normalized spacial score (nSPS) is 21.0. The van der Waals surface area contributed by atoms with Crippen molar-refractivity contribution in [2.75, 3.05) is 39.5 Å². The number of aliphatic hydroxyl groups is 1. The number of carbonyl (C=O) groups excluding carboxylic acids is 1. The zero-order chi connectivity index (χ0) is 28.0. The van der Waals surface area contributed by atoms with Gasteiger partial charge < -0.3 is 19.3 Å². The van der Waals surface area contributed by atoms with Gasteiger partial charge in [0.2, 0.25) is 5.90 Å². The topological polar surface area (TPSA) is 92.6 Å². The van der Waals surface area contributed by atoms with E-state index in [0.29, 0.717) is 57.4 Å². The molecular weight excluding hydrogens is 642 g/mol. The Balaban J connectivity index is 1.54. The van der Waals surface area contributed by atoms with Gasteiger partial charge in [-0.2, -0.15) is 0 Å². The Hall–Kier alpha value is -2.76. The average molecular weight is 673 g/mol. The smallest absolute Gasteiger partial charge is 0.266 e. The molecule has 0 spiro atoms. The van der Waals surface area contributed by atoms with Crippen molar-refractivity contribution in [2.45, 2.75) is 24.5 Å². The molecule has 2 aliphatic heterocycles. The van der Waals surface area contributed by atoms with Crippen LogP contribution in [-0.2, 0) is 20.7 Å². The third kappa shape index (κ3) is 6.75. The summed E-state index contributed by atoms with van der Waals surface area (Å²) in [6, 6.07) is 23.2. The highest BCUT2D eigenvalue weighted by Gasteiger charge is 2.53. The number of hydrazine groups is 1. The van der Waals surface area contributed by atoms with E-state index in [-0.39, 0.29) is 12.5 Å². The summed E-state index contributed by atoms with van der Waals surface area (Å²) in [6.07, 6.45) is 0.229. The van der Waals surface area contributed by atoms with Gasteiger partial charge in [-0.3, -0.25) is 10.2 Å². The Labute approximate surface area is 250 Å². The first-order valence-electron chi connectivity index (χ1n) is 13.2. The zero-order valence-corrected chi connectivity index (χ0v) is 25.1. The van der Waals surface area contributed by atoms with Crippen LogP contribution >= 0.6 is 31.9 Å². The number of rotatable bonds is 10. The van der Waals surface area contributed by atoms with E-state index in [4.69, 9.17) is 24.3 Å². The van der Waals surface area contributed by atoms with Crippen LogP contribution in [0.4, 0.5) is 0 Å². The van der Waals surface area contributed by atoms with Gasteiger partial charge in [-0.1, -0.05) is 56.1 Å². The molecule has 0 bridgehead atoms. The standard InChI is InChI=1S/C30H31Br2N3O5/c31-24-8-2-21(3-9-24)20-30(29(37)34-35-14-18-38-19-15-35)27(22-4-10-25(32)11-5-22)40-28(33-30)23-6-12-26(13-7-23)39-17-1-16-36/h2-13,27,36H,1,14-20H2,(H,34,37)/t27-,30-/m0/s1. The van der Waals surface area contributed by atoms with Crippen LogP contribution < -0.4 is 10.2 Å². The summed E-state index contributed by atoms with van der Waals surface area (Å²) in [4.78, 5) is 19.4. The van der Waals surface area contributed by atoms with Crippen molar-refractivity contribution in [3.05, 3.63) is 98.4 Å². The number of nitrogens with one attached hydrogen (secondary N) is 1. The Morgan fingerprint density at radius 3 is 2.30 bits per heavy atom. The number of ether oxygens (including phenoxy) is 3. The van der Waals surface area contributed by atoms with Crippen LogP contribution in [0.5, 0.6) is 5.75 Å². The van der Waals surface area contributed by atoms with Crippen molar-refractivity contribution in [2.24, 2.45) is 4.99 Å². The molecule has 0 radical (unpaired) electrons. The first kappa shape index (κ1) is 28.8. The number of amides is 1. The molecule has 1 saturated heterocycles. The molecule has 2 aliphatic rings. The largest absolute Gasteiger partial charge is 0.494 e. The van der Waals surface area contributed by atoms with Crippen LogP contribution in [-0.4, -0.2) is 67.0 Å². The summed E-state index contributed by atoms with van der Waals surface area (Å²) < 4.78 is 19.6. The molecule has 8 nitrogen and oxygen atoms in total. The summed E-state index contributed by atoms with van der Waals surface area (Å²) in [7, 11) is 0. The molecule has 40 heavy (non-hydrogen) atoms. The van der Waals surface area contributed by atoms with Crippen LogP contribution in [0.15, 0.2) is 86.7 Å². The summed E-state index contributed by atoms with van der Waals surface area (Å²) >= 11 is 7.03. The number of morpholine rings is 1. The predicted molar refractivity (Wildman–Crippen MR) is 159 cm³/mol. The second-order valence-electron chi connectivity index (χ2n) is 9.68. The van der Waals surface area contributed by atoms with Crippen molar-refractivity contribution in [3.8, 4) is 5.75 Å². The molecule has 3 aromatic carbocycles. The van der Waals surface area contributed by atoms with Crippen molar-refractivity contribution >= 4 is 43.7 Å². The molecule has 3 aromatic rings. The highest BCUT2D eigenvalue weighted by molar-refractivity contribution is 9.10. The predicted octanol–water partition coefficient (Wildman–Crippen LogP) is 4.84. The minimum atomic E-state index is -1.27. The Bertz CT molecular complexity index is 1310. The maximum atomic E-state index is 14.3. The van der Waals surface area contributed by atoms with Gasteiger partial charge >= 0.3 is 0 Å². The third-order valence-corrected chi connectivity index (χ3v) is 7.92. The van der Waals surface area contributed by atoms with Crippen LogP contribution in [0, 0.1) is 0 Å². The molecule has 210 valence electrons. The van der Waals surface area contributed by atoms with Gasteiger partial charge in [0.25, 0.3) is 5.91 Å². The molecular formula is C30H31Br2N3O5. The van der Waals surface area contributed by atoms with Crippen molar-refractivity contribution in [1.29, 1.82) is 0 Å². The second-order valence-corrected chi connectivity index (χ2v) is 11.5. The summed E-state index contributed by atoms with van der Waals surface area (Å²) in [5, 5.41) is 10.9. The molecule has 5 rings (SSSR count). The SMILES string of the molecule is O=C(NN1CCOCC1)[C@@]1(Cc2ccc(Br)cc2)N=C(c2ccc(OCCCO)cc2)O[C@H]1c1ccc(Br)cc1.